The third kappa shape index (κ3) is 2.67. The number of thiazole rings is 1. The van der Waals surface area contributed by atoms with Crippen LogP contribution >= 0.6 is 22.9 Å². The van der Waals surface area contributed by atoms with Gasteiger partial charge in [0.2, 0.25) is 11.0 Å². The fourth-order valence-electron chi connectivity index (χ4n) is 0.901. The Morgan fingerprint density at radius 3 is 2.75 bits per heavy atom. The van der Waals surface area contributed by atoms with Gasteiger partial charge in [-0.1, -0.05) is 0 Å². The van der Waals surface area contributed by atoms with E-state index < -0.39 is 12.0 Å². The molecule has 0 radical (unpaired) electrons. The van der Waals surface area contributed by atoms with Gasteiger partial charge in [0.25, 0.3) is 0 Å². The molecule has 2 aromatic rings. The third-order valence-corrected chi connectivity index (χ3v) is 2.89. The van der Waals surface area contributed by atoms with Crippen molar-refractivity contribution in [1.82, 2.24) is 14.3 Å². The second kappa shape index (κ2) is 4.34. The molecule has 2 rings (SSSR count). The lowest BCUT2D eigenvalue weighted by atomic mass is 10.5. The Morgan fingerprint density at radius 2 is 2.19 bits per heavy atom. The van der Waals surface area contributed by atoms with Gasteiger partial charge in [0.15, 0.2) is 0 Å². The molecule has 0 aromatic carbocycles. The molecule has 0 spiro atoms. The zero-order valence-electron chi connectivity index (χ0n) is 7.65. The van der Waals surface area contributed by atoms with Crippen LogP contribution in [0.2, 0.25) is 0 Å². The van der Waals surface area contributed by atoms with E-state index in [0.29, 0.717) is 18.1 Å². The van der Waals surface area contributed by atoms with Crippen LogP contribution in [0.25, 0.3) is 0 Å². The molecule has 2 aromatic heterocycles. The number of nitrogens with one attached hydrogen (secondary N) is 1. The van der Waals surface area contributed by atoms with Crippen molar-refractivity contribution in [2.24, 2.45) is 0 Å². The van der Waals surface area contributed by atoms with Gasteiger partial charge in [0.1, 0.15) is 0 Å². The summed E-state index contributed by atoms with van der Waals surface area (Å²) in [6, 6.07) is 0. The summed E-state index contributed by atoms with van der Waals surface area (Å²) >= 11 is 2.10. The van der Waals surface area contributed by atoms with Gasteiger partial charge in [-0.05, 0) is 0 Å². The van der Waals surface area contributed by atoms with Crippen LogP contribution in [-0.4, -0.2) is 14.3 Å². The number of hydrogen-bond acceptors (Lipinski definition) is 6. The minimum Gasteiger partial charge on any atom is -0.355 e. The van der Waals surface area contributed by atoms with Crippen molar-refractivity contribution in [2.45, 2.75) is 12.7 Å². The van der Waals surface area contributed by atoms with Gasteiger partial charge in [-0.3, -0.25) is 0 Å². The zero-order chi connectivity index (χ0) is 11.6. The first-order valence-corrected chi connectivity index (χ1v) is 5.79. The zero-order valence-corrected chi connectivity index (χ0v) is 9.29. The maximum Gasteiger partial charge on any atom is 0.452 e. The quantitative estimate of drug-likeness (QED) is 0.927. The van der Waals surface area contributed by atoms with Crippen LogP contribution in [0.15, 0.2) is 10.9 Å². The predicted molar refractivity (Wildman–Crippen MR) is 54.4 cm³/mol. The topological polar surface area (TPSA) is 50.7 Å². The molecule has 0 saturated carbocycles. The second-order valence-corrected chi connectivity index (χ2v) is 4.22. The van der Waals surface area contributed by atoms with Gasteiger partial charge < -0.3 is 5.32 Å². The summed E-state index contributed by atoms with van der Waals surface area (Å²) in [5, 5.41) is 4.67. The van der Waals surface area contributed by atoms with E-state index in [-0.39, 0.29) is 5.13 Å². The van der Waals surface area contributed by atoms with Crippen molar-refractivity contribution in [1.29, 1.82) is 0 Å². The van der Waals surface area contributed by atoms with Crippen molar-refractivity contribution in [3.63, 3.8) is 0 Å². The average Bonchev–Trinajstić information content (AvgIpc) is 2.85. The number of halogens is 3. The molecule has 0 unspecified atom stereocenters. The van der Waals surface area contributed by atoms with Gasteiger partial charge in [0.05, 0.1) is 17.7 Å². The molecule has 0 aliphatic carbocycles. The summed E-state index contributed by atoms with van der Waals surface area (Å²) in [6.45, 7) is 0.343. The minimum absolute atomic E-state index is 0.139. The summed E-state index contributed by atoms with van der Waals surface area (Å²) in [7, 11) is 0. The summed E-state index contributed by atoms with van der Waals surface area (Å²) < 4.78 is 39.7. The molecule has 1 N–H and O–H groups in total. The van der Waals surface area contributed by atoms with Crippen molar-refractivity contribution in [2.75, 3.05) is 5.32 Å². The molecule has 0 fully saturated rings. The van der Waals surface area contributed by atoms with Crippen LogP contribution in [0, 0.1) is 0 Å². The van der Waals surface area contributed by atoms with Crippen LogP contribution < -0.4 is 5.32 Å². The molecule has 4 nitrogen and oxygen atoms in total. The predicted octanol–water partition coefficient (Wildman–Crippen LogP) is 2.63. The number of hydrogen-bond donors (Lipinski definition) is 1. The molecule has 0 aliphatic rings. The van der Waals surface area contributed by atoms with Gasteiger partial charge in [0, 0.05) is 16.9 Å². The monoisotopic (exact) mass is 266 g/mol. The lowest BCUT2D eigenvalue weighted by molar-refractivity contribution is -0.144. The highest BCUT2D eigenvalue weighted by atomic mass is 32.1. The molecule has 2 heterocycles. The highest BCUT2D eigenvalue weighted by molar-refractivity contribution is 7.09. The molecule has 9 heteroatoms. The number of alkyl halides is 3. The average molecular weight is 266 g/mol. The van der Waals surface area contributed by atoms with Gasteiger partial charge in [-0.15, -0.1) is 11.3 Å². The molecule has 0 saturated heterocycles. The highest BCUT2D eigenvalue weighted by Gasteiger charge is 2.36. The Labute approximate surface area is 96.3 Å². The SMILES string of the molecule is FC(F)(F)c1nsc(NCc2cscn2)n1. The molecule has 86 valence electrons. The number of nitrogens with zero attached hydrogens (tertiary/aromatic N) is 3. The first-order chi connectivity index (χ1) is 7.55. The summed E-state index contributed by atoms with van der Waals surface area (Å²) in [5.74, 6) is -1.11. The summed E-state index contributed by atoms with van der Waals surface area (Å²) in [4.78, 5) is 7.30. The first kappa shape index (κ1) is 11.3. The maximum atomic E-state index is 12.2. The molecular formula is C7H5F3N4S2. The minimum atomic E-state index is -4.49. The van der Waals surface area contributed by atoms with Crippen LogP contribution in [0.4, 0.5) is 18.3 Å². The molecule has 16 heavy (non-hydrogen) atoms. The van der Waals surface area contributed by atoms with Crippen molar-refractivity contribution in [3.05, 3.63) is 22.4 Å². The summed E-state index contributed by atoms with van der Waals surface area (Å²) in [6.07, 6.45) is -4.49. The Hall–Kier alpha value is -1.22. The maximum absolute atomic E-state index is 12.2. The van der Waals surface area contributed by atoms with E-state index in [1.807, 2.05) is 0 Å². The smallest absolute Gasteiger partial charge is 0.355 e. The van der Waals surface area contributed by atoms with E-state index in [9.17, 15) is 13.2 Å². The van der Waals surface area contributed by atoms with E-state index in [1.54, 1.807) is 10.9 Å². The standard InChI is InChI=1S/C7H5F3N4S2/c8-7(9,10)5-13-6(16-14-5)11-1-4-2-15-3-12-4/h2-3H,1H2,(H,11,13,14). The highest BCUT2D eigenvalue weighted by Crippen LogP contribution is 2.28. The van der Waals surface area contributed by atoms with Crippen LogP contribution in [0.3, 0.4) is 0 Å². The van der Waals surface area contributed by atoms with Crippen molar-refractivity contribution in [3.8, 4) is 0 Å². The number of aromatic nitrogens is 3. The van der Waals surface area contributed by atoms with Crippen LogP contribution in [0.1, 0.15) is 11.5 Å². The Bertz CT molecular complexity index is 450. The first-order valence-electron chi connectivity index (χ1n) is 4.07. The van der Waals surface area contributed by atoms with E-state index in [2.05, 4.69) is 19.7 Å². The lowest BCUT2D eigenvalue weighted by Gasteiger charge is -1.99. The number of rotatable bonds is 3. The summed E-state index contributed by atoms with van der Waals surface area (Å²) in [5.41, 5.74) is 2.41. The Balaban J connectivity index is 1.98. The number of anilines is 1. The molecule has 0 amide bonds. The van der Waals surface area contributed by atoms with E-state index in [1.165, 1.54) is 11.3 Å². The molecular weight excluding hydrogens is 261 g/mol. The van der Waals surface area contributed by atoms with E-state index >= 15 is 0 Å². The van der Waals surface area contributed by atoms with Crippen LogP contribution in [0.5, 0.6) is 0 Å². The van der Waals surface area contributed by atoms with Crippen molar-refractivity contribution < 1.29 is 13.2 Å². The van der Waals surface area contributed by atoms with Gasteiger partial charge in [-0.25, -0.2) is 4.98 Å². The van der Waals surface area contributed by atoms with Gasteiger partial charge in [-0.2, -0.15) is 22.5 Å². The van der Waals surface area contributed by atoms with Gasteiger partial charge >= 0.3 is 6.18 Å². The van der Waals surface area contributed by atoms with E-state index in [0.717, 1.165) is 5.69 Å². The third-order valence-electron chi connectivity index (χ3n) is 1.58. The molecule has 0 aliphatic heterocycles. The largest absolute Gasteiger partial charge is 0.452 e. The Morgan fingerprint density at radius 1 is 1.38 bits per heavy atom. The Kier molecular flexibility index (Phi) is 3.06. The fourth-order valence-corrected chi connectivity index (χ4v) is 2.04. The van der Waals surface area contributed by atoms with Crippen LogP contribution in [-0.2, 0) is 12.7 Å². The normalized spacial score (nSPS) is 11.7. The van der Waals surface area contributed by atoms with E-state index in [4.69, 9.17) is 0 Å². The molecule has 0 atom stereocenters. The lowest BCUT2D eigenvalue weighted by Crippen LogP contribution is -2.07. The van der Waals surface area contributed by atoms with Crippen molar-refractivity contribution >= 4 is 28.0 Å². The molecule has 0 bridgehead atoms. The fraction of sp³-hybridized carbons (Fsp3) is 0.286. The second-order valence-electron chi connectivity index (χ2n) is 2.75.